The van der Waals surface area contributed by atoms with Crippen LogP contribution in [-0.2, 0) is 9.59 Å². The summed E-state index contributed by atoms with van der Waals surface area (Å²) in [5.74, 6) is -2.48. The van der Waals surface area contributed by atoms with E-state index in [9.17, 15) is 24.9 Å². The van der Waals surface area contributed by atoms with E-state index in [0.29, 0.717) is 13.0 Å². The van der Waals surface area contributed by atoms with Crippen molar-refractivity contribution >= 4 is 11.9 Å². The molecule has 0 amide bonds. The maximum atomic E-state index is 11.7. The van der Waals surface area contributed by atoms with Crippen LogP contribution in [0.25, 0.3) is 0 Å². The highest BCUT2D eigenvalue weighted by Crippen LogP contribution is 2.31. The number of carboxylic acid groups (broad SMARTS) is 2. The van der Waals surface area contributed by atoms with Crippen LogP contribution in [0.3, 0.4) is 0 Å². The van der Waals surface area contributed by atoms with Crippen LogP contribution in [0.5, 0.6) is 0 Å². The van der Waals surface area contributed by atoms with Gasteiger partial charge in [-0.2, -0.15) is 0 Å². The first-order valence-corrected chi connectivity index (χ1v) is 6.59. The molecule has 20 heavy (non-hydrogen) atoms. The molecule has 0 fully saturated rings. The molecule has 0 spiro atoms. The van der Waals surface area contributed by atoms with E-state index in [1.54, 1.807) is 21.0 Å². The normalized spacial score (nSPS) is 18.1. The van der Waals surface area contributed by atoms with E-state index < -0.39 is 36.1 Å². The van der Waals surface area contributed by atoms with Crippen molar-refractivity contribution in [1.29, 1.82) is 0 Å². The van der Waals surface area contributed by atoms with E-state index in [1.165, 1.54) is 6.92 Å². The third-order valence-electron chi connectivity index (χ3n) is 3.74. The van der Waals surface area contributed by atoms with E-state index in [-0.39, 0.29) is 10.9 Å². The highest BCUT2D eigenvalue weighted by atomic mass is 16.4. The maximum absolute atomic E-state index is 11.7. The molecule has 0 radical (unpaired) electrons. The zero-order valence-electron chi connectivity index (χ0n) is 12.5. The molecular formula is C13H26NO6+. The van der Waals surface area contributed by atoms with Crippen LogP contribution in [0.15, 0.2) is 0 Å². The van der Waals surface area contributed by atoms with Crippen LogP contribution in [0.2, 0.25) is 0 Å². The SMILES string of the molecule is CC(O)CC[N+](C)(C)C(CC(=O)O)(CC(C)O)C(=O)O. The van der Waals surface area contributed by atoms with Gasteiger partial charge in [0.15, 0.2) is 0 Å². The van der Waals surface area contributed by atoms with Gasteiger partial charge in [-0.05, 0) is 13.8 Å². The number of rotatable bonds is 9. The molecule has 0 aromatic carbocycles. The third kappa shape index (κ3) is 4.73. The van der Waals surface area contributed by atoms with Crippen molar-refractivity contribution in [1.82, 2.24) is 0 Å². The summed E-state index contributed by atoms with van der Waals surface area (Å²) in [5.41, 5.74) is -1.63. The van der Waals surface area contributed by atoms with E-state index >= 15 is 0 Å². The predicted octanol–water partition coefficient (Wildman–Crippen LogP) is -0.0973. The molecule has 4 N–H and O–H groups in total. The quantitative estimate of drug-likeness (QED) is 0.441. The Bertz CT molecular complexity index is 353. The summed E-state index contributed by atoms with van der Waals surface area (Å²) in [5, 5.41) is 37.6. The second-order valence-corrected chi connectivity index (χ2v) is 6.01. The first-order valence-electron chi connectivity index (χ1n) is 6.59. The monoisotopic (exact) mass is 292 g/mol. The largest absolute Gasteiger partial charge is 0.481 e. The Balaban J connectivity index is 5.54. The summed E-state index contributed by atoms with van der Waals surface area (Å²) in [7, 11) is 3.23. The maximum Gasteiger partial charge on any atom is 0.366 e. The van der Waals surface area contributed by atoms with E-state index in [0.717, 1.165) is 0 Å². The number of carboxylic acids is 2. The van der Waals surface area contributed by atoms with Crippen LogP contribution in [-0.4, -0.2) is 75.2 Å². The summed E-state index contributed by atoms with van der Waals surface area (Å²) in [6, 6.07) is 0. The summed E-state index contributed by atoms with van der Waals surface area (Å²) >= 11 is 0. The number of hydrogen-bond acceptors (Lipinski definition) is 4. The Morgan fingerprint density at radius 1 is 1.10 bits per heavy atom. The molecule has 0 saturated carbocycles. The topological polar surface area (TPSA) is 115 Å². The Morgan fingerprint density at radius 2 is 1.60 bits per heavy atom. The molecule has 0 bridgehead atoms. The van der Waals surface area contributed by atoms with Crippen molar-refractivity contribution in [2.24, 2.45) is 0 Å². The van der Waals surface area contributed by atoms with Crippen LogP contribution in [0.1, 0.15) is 33.1 Å². The van der Waals surface area contributed by atoms with Crippen LogP contribution in [0, 0.1) is 0 Å². The standard InChI is InChI=1S/C13H25NO6/c1-9(15)5-6-14(3,4)13(12(19)20,7-10(2)16)8-11(17)18/h9-10,15-16H,5-8H2,1-4H3,(H-,17,18,19,20)/p+1. The molecule has 0 heterocycles. The number of quaternary nitrogens is 1. The Morgan fingerprint density at radius 3 is 1.90 bits per heavy atom. The Labute approximate surface area is 119 Å². The van der Waals surface area contributed by atoms with Gasteiger partial charge in [0.1, 0.15) is 6.42 Å². The highest BCUT2D eigenvalue weighted by molar-refractivity contribution is 5.83. The first kappa shape index (κ1) is 18.8. The molecule has 7 heteroatoms. The molecule has 7 nitrogen and oxygen atoms in total. The zero-order valence-corrected chi connectivity index (χ0v) is 12.5. The van der Waals surface area contributed by atoms with Gasteiger partial charge in [-0.15, -0.1) is 0 Å². The fourth-order valence-corrected chi connectivity index (χ4v) is 2.42. The third-order valence-corrected chi connectivity index (χ3v) is 3.74. The number of nitrogens with zero attached hydrogens (tertiary/aromatic N) is 1. The molecule has 0 aliphatic heterocycles. The molecular weight excluding hydrogens is 266 g/mol. The van der Waals surface area contributed by atoms with Gasteiger partial charge >= 0.3 is 11.9 Å². The lowest BCUT2D eigenvalue weighted by atomic mass is 9.84. The van der Waals surface area contributed by atoms with E-state index in [2.05, 4.69) is 0 Å². The van der Waals surface area contributed by atoms with Crippen molar-refractivity contribution < 1.29 is 34.5 Å². The predicted molar refractivity (Wildman–Crippen MR) is 72.2 cm³/mol. The minimum atomic E-state index is -1.63. The summed E-state index contributed by atoms with van der Waals surface area (Å²) in [4.78, 5) is 22.8. The van der Waals surface area contributed by atoms with Gasteiger partial charge in [-0.25, -0.2) is 4.79 Å². The summed E-state index contributed by atoms with van der Waals surface area (Å²) in [6.45, 7) is 3.33. The lowest BCUT2D eigenvalue weighted by molar-refractivity contribution is -0.933. The van der Waals surface area contributed by atoms with Crippen LogP contribution < -0.4 is 0 Å². The number of hydrogen-bond donors (Lipinski definition) is 4. The Kier molecular flexibility index (Phi) is 6.60. The fourth-order valence-electron chi connectivity index (χ4n) is 2.42. The van der Waals surface area contributed by atoms with Crippen molar-refractivity contribution in [3.63, 3.8) is 0 Å². The molecule has 0 aliphatic rings. The molecule has 0 saturated heterocycles. The lowest BCUT2D eigenvalue weighted by Gasteiger charge is -2.46. The molecule has 0 aliphatic carbocycles. The molecule has 3 atom stereocenters. The molecule has 0 aromatic rings. The van der Waals surface area contributed by atoms with Gasteiger partial charge < -0.3 is 24.9 Å². The smallest absolute Gasteiger partial charge is 0.366 e. The van der Waals surface area contributed by atoms with E-state index in [4.69, 9.17) is 5.11 Å². The van der Waals surface area contributed by atoms with Crippen molar-refractivity contribution in [3.05, 3.63) is 0 Å². The van der Waals surface area contributed by atoms with Crippen molar-refractivity contribution in [2.45, 2.75) is 50.9 Å². The average molecular weight is 292 g/mol. The van der Waals surface area contributed by atoms with Gasteiger partial charge in [0.2, 0.25) is 5.54 Å². The number of aliphatic hydroxyl groups excluding tert-OH is 2. The lowest BCUT2D eigenvalue weighted by Crippen LogP contribution is -2.66. The number of aliphatic carboxylic acids is 2. The number of aliphatic hydroxyl groups is 2. The first-order chi connectivity index (χ1) is 8.94. The minimum absolute atomic E-state index is 0.121. The van der Waals surface area contributed by atoms with Crippen molar-refractivity contribution in [3.8, 4) is 0 Å². The molecule has 0 rings (SSSR count). The van der Waals surface area contributed by atoms with Gasteiger partial charge in [-0.1, -0.05) is 0 Å². The number of carbonyl (C=O) groups is 2. The number of likely N-dealkylation sites (N-methyl/N-ethyl adjacent to an activating group) is 1. The minimum Gasteiger partial charge on any atom is -0.481 e. The van der Waals surface area contributed by atoms with Gasteiger partial charge in [-0.3, -0.25) is 4.79 Å². The fraction of sp³-hybridized carbons (Fsp3) is 0.846. The van der Waals surface area contributed by atoms with Crippen molar-refractivity contribution in [2.75, 3.05) is 20.6 Å². The molecule has 3 unspecified atom stereocenters. The second-order valence-electron chi connectivity index (χ2n) is 6.01. The van der Waals surface area contributed by atoms with Gasteiger partial charge in [0, 0.05) is 12.8 Å². The van der Waals surface area contributed by atoms with Gasteiger partial charge in [0.25, 0.3) is 0 Å². The average Bonchev–Trinajstić information content (AvgIpc) is 2.23. The van der Waals surface area contributed by atoms with E-state index in [1.807, 2.05) is 0 Å². The summed E-state index contributed by atoms with van der Waals surface area (Å²) < 4.78 is -0.121. The highest BCUT2D eigenvalue weighted by Gasteiger charge is 2.54. The summed E-state index contributed by atoms with van der Waals surface area (Å²) in [6.07, 6.45) is -1.94. The zero-order chi connectivity index (χ0) is 16.1. The van der Waals surface area contributed by atoms with Crippen LogP contribution >= 0.6 is 0 Å². The molecule has 0 aromatic heterocycles. The second kappa shape index (κ2) is 7.01. The molecule has 118 valence electrons. The Hall–Kier alpha value is -1.18. The van der Waals surface area contributed by atoms with Crippen LogP contribution in [0.4, 0.5) is 0 Å². The van der Waals surface area contributed by atoms with Gasteiger partial charge in [0.05, 0.1) is 32.8 Å².